The van der Waals surface area contributed by atoms with Crippen molar-refractivity contribution in [2.45, 2.75) is 58.9 Å². The van der Waals surface area contributed by atoms with E-state index < -0.39 is 0 Å². The minimum Gasteiger partial charge on any atom is -0.441 e. The summed E-state index contributed by atoms with van der Waals surface area (Å²) in [5, 5.41) is 6.20. The topological polar surface area (TPSA) is 67.2 Å². The molecule has 0 bridgehead atoms. The number of benzene rings is 1. The van der Waals surface area contributed by atoms with E-state index >= 15 is 0 Å². The molecular formula is C18H23N3O2. The number of carbonyl (C=O) groups is 1. The summed E-state index contributed by atoms with van der Waals surface area (Å²) in [6.07, 6.45) is 4.02. The number of nitrogens with one attached hydrogen (secondary N) is 2. The summed E-state index contributed by atoms with van der Waals surface area (Å²) in [5.41, 5.74) is 4.70. The summed E-state index contributed by atoms with van der Waals surface area (Å²) < 4.78 is 5.93. The highest BCUT2D eigenvalue weighted by molar-refractivity contribution is 5.99. The van der Waals surface area contributed by atoms with Gasteiger partial charge in [-0.3, -0.25) is 0 Å². The molecule has 5 nitrogen and oxygen atoms in total. The van der Waals surface area contributed by atoms with Crippen LogP contribution in [0.15, 0.2) is 10.5 Å². The van der Waals surface area contributed by atoms with E-state index in [1.807, 2.05) is 19.9 Å². The number of carbonyl (C=O) groups excluding carboxylic acids is 1. The second-order valence-electron chi connectivity index (χ2n) is 7.85. The molecule has 1 aliphatic carbocycles. The lowest BCUT2D eigenvalue weighted by atomic mass is 9.66. The van der Waals surface area contributed by atoms with Crippen molar-refractivity contribution in [3.05, 3.63) is 23.1 Å². The van der Waals surface area contributed by atoms with Gasteiger partial charge >= 0.3 is 6.03 Å². The molecule has 2 heterocycles. The number of fused-ring (bicyclic) bond motifs is 4. The molecule has 122 valence electrons. The quantitative estimate of drug-likeness (QED) is 0.758. The molecule has 2 aromatic rings. The van der Waals surface area contributed by atoms with Crippen molar-refractivity contribution in [2.75, 3.05) is 5.32 Å². The van der Waals surface area contributed by atoms with Gasteiger partial charge in [0.05, 0.1) is 11.2 Å². The Morgan fingerprint density at radius 3 is 2.57 bits per heavy atom. The van der Waals surface area contributed by atoms with Gasteiger partial charge in [0.1, 0.15) is 5.52 Å². The first-order valence-electron chi connectivity index (χ1n) is 8.30. The zero-order valence-corrected chi connectivity index (χ0v) is 14.2. The number of hydrogen-bond donors (Lipinski definition) is 2. The Morgan fingerprint density at radius 1 is 1.17 bits per heavy atom. The van der Waals surface area contributed by atoms with Crippen LogP contribution in [0.3, 0.4) is 0 Å². The molecule has 1 aromatic heterocycles. The molecule has 1 aliphatic heterocycles. The van der Waals surface area contributed by atoms with Crippen LogP contribution in [0.1, 0.15) is 56.5 Å². The predicted molar refractivity (Wildman–Crippen MR) is 89.6 cm³/mol. The highest BCUT2D eigenvalue weighted by Gasteiger charge is 2.46. The fourth-order valence-electron chi connectivity index (χ4n) is 4.08. The first-order chi connectivity index (χ1) is 10.8. The van der Waals surface area contributed by atoms with Crippen molar-refractivity contribution >= 4 is 22.8 Å². The maximum atomic E-state index is 12.3. The molecule has 1 aromatic carbocycles. The van der Waals surface area contributed by atoms with Gasteiger partial charge < -0.3 is 15.1 Å². The number of oxazole rings is 1. The van der Waals surface area contributed by atoms with Crippen LogP contribution in [-0.2, 0) is 5.54 Å². The zero-order chi connectivity index (χ0) is 16.4. The van der Waals surface area contributed by atoms with E-state index in [1.165, 1.54) is 0 Å². The summed E-state index contributed by atoms with van der Waals surface area (Å²) in [4.78, 5) is 16.8. The predicted octanol–water partition coefficient (Wildman–Crippen LogP) is 4.38. The molecule has 0 radical (unpaired) electrons. The fourth-order valence-corrected chi connectivity index (χ4v) is 4.08. The largest absolute Gasteiger partial charge is 0.441 e. The smallest absolute Gasteiger partial charge is 0.319 e. The molecule has 2 N–H and O–H groups in total. The van der Waals surface area contributed by atoms with Gasteiger partial charge in [0.2, 0.25) is 0 Å². The Labute approximate surface area is 135 Å². The van der Waals surface area contributed by atoms with Crippen molar-refractivity contribution < 1.29 is 9.21 Å². The minimum atomic E-state index is -0.344. The fraction of sp³-hybridized carbons (Fsp3) is 0.556. The van der Waals surface area contributed by atoms with Gasteiger partial charge in [-0.05, 0) is 49.7 Å². The highest BCUT2D eigenvalue weighted by Crippen LogP contribution is 2.51. The number of anilines is 1. The van der Waals surface area contributed by atoms with E-state index in [1.54, 1.807) is 0 Å². The molecule has 1 fully saturated rings. The van der Waals surface area contributed by atoms with Crippen LogP contribution in [0.25, 0.3) is 11.1 Å². The van der Waals surface area contributed by atoms with Crippen LogP contribution in [-0.4, -0.2) is 11.0 Å². The average molecular weight is 313 g/mol. The minimum absolute atomic E-state index is 0.115. The maximum Gasteiger partial charge on any atom is 0.319 e. The molecule has 0 saturated heterocycles. The molecular weight excluding hydrogens is 290 g/mol. The average Bonchev–Trinajstić information content (AvgIpc) is 2.82. The first-order valence-corrected chi connectivity index (χ1v) is 8.30. The van der Waals surface area contributed by atoms with E-state index in [-0.39, 0.29) is 11.6 Å². The van der Waals surface area contributed by atoms with Crippen LogP contribution in [0.2, 0.25) is 0 Å². The number of amides is 2. The second-order valence-corrected chi connectivity index (χ2v) is 7.85. The number of nitrogens with zero attached hydrogens (tertiary/aromatic N) is 1. The summed E-state index contributed by atoms with van der Waals surface area (Å²) in [5.74, 6) is 0.663. The lowest BCUT2D eigenvalue weighted by Gasteiger charge is -2.47. The van der Waals surface area contributed by atoms with E-state index in [0.717, 1.165) is 53.6 Å². The molecule has 5 heteroatoms. The van der Waals surface area contributed by atoms with Crippen LogP contribution in [0, 0.1) is 19.3 Å². The molecule has 0 atom stereocenters. The van der Waals surface area contributed by atoms with Gasteiger partial charge in [-0.1, -0.05) is 13.8 Å². The third-order valence-electron chi connectivity index (χ3n) is 5.51. The first kappa shape index (κ1) is 14.5. The lowest BCUT2D eigenvalue weighted by Crippen LogP contribution is -2.54. The summed E-state index contributed by atoms with van der Waals surface area (Å²) in [6, 6.07) is 1.88. The molecule has 23 heavy (non-hydrogen) atoms. The Bertz CT molecular complexity index is 809. The Kier molecular flexibility index (Phi) is 2.84. The van der Waals surface area contributed by atoms with Crippen molar-refractivity contribution in [1.29, 1.82) is 0 Å². The Hall–Kier alpha value is -2.04. The van der Waals surface area contributed by atoms with Crippen molar-refractivity contribution in [1.82, 2.24) is 10.3 Å². The number of urea groups is 1. The maximum absolute atomic E-state index is 12.3. The second kappa shape index (κ2) is 4.49. The van der Waals surface area contributed by atoms with Gasteiger partial charge in [-0.2, -0.15) is 0 Å². The van der Waals surface area contributed by atoms with Crippen molar-refractivity contribution in [2.24, 2.45) is 5.41 Å². The van der Waals surface area contributed by atoms with Gasteiger partial charge in [-0.25, -0.2) is 9.78 Å². The van der Waals surface area contributed by atoms with E-state index in [9.17, 15) is 4.79 Å². The number of hydrogen-bond acceptors (Lipinski definition) is 3. The molecule has 2 amide bonds. The van der Waals surface area contributed by atoms with Gasteiger partial charge in [0.25, 0.3) is 0 Å². The molecule has 4 rings (SSSR count). The van der Waals surface area contributed by atoms with E-state index in [2.05, 4.69) is 29.5 Å². The third kappa shape index (κ3) is 2.13. The van der Waals surface area contributed by atoms with Crippen LogP contribution < -0.4 is 10.6 Å². The normalized spacial score (nSPS) is 21.8. The van der Waals surface area contributed by atoms with Gasteiger partial charge in [0.15, 0.2) is 11.5 Å². The zero-order valence-electron chi connectivity index (χ0n) is 14.2. The van der Waals surface area contributed by atoms with Crippen molar-refractivity contribution in [3.8, 4) is 0 Å². The van der Waals surface area contributed by atoms with Crippen LogP contribution in [0.4, 0.5) is 10.5 Å². The lowest BCUT2D eigenvalue weighted by molar-refractivity contribution is 0.138. The monoisotopic (exact) mass is 313 g/mol. The van der Waals surface area contributed by atoms with Gasteiger partial charge in [0, 0.05) is 12.5 Å². The standard InChI is InChI=1S/C18H23N3O2/c1-10-9-12-15(23-11(2)19-12)13-14(10)20-16(22)21-18(13)7-5-17(3,4)6-8-18/h9H,5-8H2,1-4H3,(H2,20,21,22). The van der Waals surface area contributed by atoms with E-state index in [4.69, 9.17) is 4.42 Å². The van der Waals surface area contributed by atoms with Crippen LogP contribution in [0.5, 0.6) is 0 Å². The molecule has 1 saturated carbocycles. The van der Waals surface area contributed by atoms with Gasteiger partial charge in [-0.15, -0.1) is 0 Å². The van der Waals surface area contributed by atoms with E-state index in [0.29, 0.717) is 11.3 Å². The third-order valence-corrected chi connectivity index (χ3v) is 5.51. The van der Waals surface area contributed by atoms with Crippen LogP contribution >= 0.6 is 0 Å². The number of aromatic nitrogens is 1. The summed E-state index contributed by atoms with van der Waals surface area (Å²) in [6.45, 7) is 8.49. The number of aryl methyl sites for hydroxylation is 2. The van der Waals surface area contributed by atoms with Crippen molar-refractivity contribution in [3.63, 3.8) is 0 Å². The Balaban J connectivity index is 1.97. The molecule has 1 spiro atoms. The summed E-state index contributed by atoms with van der Waals surface area (Å²) >= 11 is 0. The highest BCUT2D eigenvalue weighted by atomic mass is 16.3. The summed E-state index contributed by atoms with van der Waals surface area (Å²) in [7, 11) is 0. The molecule has 0 unspecified atom stereocenters. The SMILES string of the molecule is Cc1nc2cc(C)c3c(c2o1)C1(CCC(C)(C)CC1)NC(=O)N3. The Morgan fingerprint density at radius 2 is 1.87 bits per heavy atom. The molecule has 2 aliphatic rings. The number of rotatable bonds is 0.